The first-order valence-electron chi connectivity index (χ1n) is 18.0. The lowest BCUT2D eigenvalue weighted by Gasteiger charge is -2.33. The van der Waals surface area contributed by atoms with Crippen LogP contribution in [0.25, 0.3) is 54.3 Å². The number of hydrogen-bond acceptors (Lipinski definition) is 4. The van der Waals surface area contributed by atoms with E-state index in [0.29, 0.717) is 0 Å². The molecule has 2 aliphatic rings. The summed E-state index contributed by atoms with van der Waals surface area (Å²) in [5, 5.41) is 9.44. The van der Waals surface area contributed by atoms with E-state index < -0.39 is 0 Å². The standard InChI is InChI=1S/C48H28BNO3/c1-3-12-29(13-4-1)50(30-14-5-2-6-15-30)31-22-23-36-39-27-47-41(28-45(39)53-44(36)24-31)49-40-25-37-34-18-9-7-16-32(34)33-17-8-10-19-35(33)38(37)26-46(40)51-42-20-11-21-43(52-47)48(42)49/h1-28H. The lowest BCUT2D eigenvalue weighted by Crippen LogP contribution is -2.57. The van der Waals surface area contributed by atoms with Crippen LogP contribution >= 0.6 is 0 Å². The van der Waals surface area contributed by atoms with E-state index in [9.17, 15) is 0 Å². The summed E-state index contributed by atoms with van der Waals surface area (Å²) in [6, 6.07) is 59.9. The average Bonchev–Trinajstić information content (AvgIpc) is 3.57. The van der Waals surface area contributed by atoms with Gasteiger partial charge < -0.3 is 18.8 Å². The fourth-order valence-electron chi connectivity index (χ4n) is 8.83. The number of ether oxygens (including phenoxy) is 2. The Bertz CT molecular complexity index is 3100. The molecule has 53 heavy (non-hydrogen) atoms. The van der Waals surface area contributed by atoms with Crippen molar-refractivity contribution in [3.63, 3.8) is 0 Å². The van der Waals surface area contributed by atoms with Crippen LogP contribution in [0.3, 0.4) is 0 Å². The van der Waals surface area contributed by atoms with Gasteiger partial charge in [-0.25, -0.2) is 0 Å². The Hall–Kier alpha value is -6.98. The first kappa shape index (κ1) is 28.7. The molecular weight excluding hydrogens is 649 g/mol. The number of benzene rings is 9. The highest BCUT2D eigenvalue weighted by Gasteiger charge is 2.41. The van der Waals surface area contributed by atoms with Crippen molar-refractivity contribution in [1.82, 2.24) is 0 Å². The summed E-state index contributed by atoms with van der Waals surface area (Å²) in [5.74, 6) is 3.36. The van der Waals surface area contributed by atoms with Gasteiger partial charge in [0.1, 0.15) is 34.2 Å². The van der Waals surface area contributed by atoms with Gasteiger partial charge in [-0.15, -0.1) is 0 Å². The van der Waals surface area contributed by atoms with Crippen LogP contribution in [0.5, 0.6) is 23.0 Å². The van der Waals surface area contributed by atoms with E-state index in [-0.39, 0.29) is 6.71 Å². The fraction of sp³-hybridized carbons (Fsp3) is 0. The van der Waals surface area contributed by atoms with Crippen LogP contribution in [0.1, 0.15) is 0 Å². The smallest absolute Gasteiger partial charge is 0.260 e. The number of para-hydroxylation sites is 2. The number of furan rings is 1. The summed E-state index contributed by atoms with van der Waals surface area (Å²) in [6.45, 7) is -0.0943. The van der Waals surface area contributed by atoms with E-state index in [0.717, 1.165) is 78.4 Å². The summed E-state index contributed by atoms with van der Waals surface area (Å²) in [5.41, 5.74) is 8.09. The van der Waals surface area contributed by atoms with Gasteiger partial charge in [-0.1, -0.05) is 97.1 Å². The molecule has 0 unspecified atom stereocenters. The molecule has 1 aromatic heterocycles. The molecule has 4 nitrogen and oxygen atoms in total. The van der Waals surface area contributed by atoms with E-state index in [1.165, 1.54) is 32.3 Å². The predicted octanol–water partition coefficient (Wildman–Crippen LogP) is 11.2. The number of rotatable bonds is 3. The highest BCUT2D eigenvalue weighted by molar-refractivity contribution is 6.98. The molecule has 9 aromatic carbocycles. The maximum Gasteiger partial charge on any atom is 0.260 e. The van der Waals surface area contributed by atoms with E-state index in [1.54, 1.807) is 0 Å². The molecule has 5 heteroatoms. The predicted molar refractivity (Wildman–Crippen MR) is 219 cm³/mol. The molecule has 246 valence electrons. The molecule has 0 saturated heterocycles. The van der Waals surface area contributed by atoms with Crippen molar-refractivity contribution in [2.75, 3.05) is 4.90 Å². The second kappa shape index (κ2) is 10.8. The summed E-state index contributed by atoms with van der Waals surface area (Å²) in [6.07, 6.45) is 0. The van der Waals surface area contributed by atoms with Gasteiger partial charge in [-0.2, -0.15) is 0 Å². The molecule has 0 aliphatic carbocycles. The Morgan fingerprint density at radius 1 is 0.340 bits per heavy atom. The molecule has 0 radical (unpaired) electrons. The molecule has 0 N–H and O–H groups in total. The van der Waals surface area contributed by atoms with Gasteiger partial charge in [0.15, 0.2) is 0 Å². The minimum atomic E-state index is -0.0943. The van der Waals surface area contributed by atoms with Crippen LogP contribution in [0.2, 0.25) is 0 Å². The summed E-state index contributed by atoms with van der Waals surface area (Å²) >= 11 is 0. The van der Waals surface area contributed by atoms with Crippen LogP contribution < -0.4 is 30.8 Å². The molecule has 2 aliphatic heterocycles. The second-order valence-electron chi connectivity index (χ2n) is 14.0. The minimum absolute atomic E-state index is 0.0943. The maximum absolute atomic E-state index is 6.76. The van der Waals surface area contributed by atoms with Crippen LogP contribution in [-0.2, 0) is 0 Å². The normalized spacial score (nSPS) is 12.8. The number of anilines is 3. The quantitative estimate of drug-likeness (QED) is 0.138. The fourth-order valence-corrected chi connectivity index (χ4v) is 8.83. The molecule has 3 heterocycles. The molecule has 0 amide bonds. The van der Waals surface area contributed by atoms with Gasteiger partial charge >= 0.3 is 0 Å². The Morgan fingerprint density at radius 3 is 1.47 bits per heavy atom. The highest BCUT2D eigenvalue weighted by Crippen LogP contribution is 2.43. The Labute approximate surface area is 305 Å². The topological polar surface area (TPSA) is 34.8 Å². The van der Waals surface area contributed by atoms with Gasteiger partial charge in [0.25, 0.3) is 6.71 Å². The maximum atomic E-state index is 6.76. The monoisotopic (exact) mass is 677 g/mol. The third-order valence-electron chi connectivity index (χ3n) is 11.1. The summed E-state index contributed by atoms with van der Waals surface area (Å²) < 4.78 is 20.2. The minimum Gasteiger partial charge on any atom is -0.458 e. The largest absolute Gasteiger partial charge is 0.458 e. The molecule has 0 atom stereocenters. The van der Waals surface area contributed by atoms with Crippen LogP contribution in [0, 0.1) is 0 Å². The third-order valence-corrected chi connectivity index (χ3v) is 11.1. The molecule has 0 fully saturated rings. The van der Waals surface area contributed by atoms with E-state index >= 15 is 0 Å². The van der Waals surface area contributed by atoms with E-state index in [1.807, 2.05) is 18.2 Å². The van der Waals surface area contributed by atoms with Gasteiger partial charge in [0, 0.05) is 39.4 Å². The van der Waals surface area contributed by atoms with Gasteiger partial charge in [0.05, 0.1) is 0 Å². The Balaban J connectivity index is 1.07. The Morgan fingerprint density at radius 2 is 0.849 bits per heavy atom. The first-order chi connectivity index (χ1) is 26.3. The van der Waals surface area contributed by atoms with Crippen LogP contribution in [0.15, 0.2) is 174 Å². The van der Waals surface area contributed by atoms with Crippen molar-refractivity contribution in [3.8, 4) is 23.0 Å². The van der Waals surface area contributed by atoms with E-state index in [4.69, 9.17) is 13.9 Å². The number of fused-ring (bicyclic) bond motifs is 13. The van der Waals surface area contributed by atoms with Crippen molar-refractivity contribution in [2.45, 2.75) is 0 Å². The zero-order valence-electron chi connectivity index (χ0n) is 28.4. The highest BCUT2D eigenvalue weighted by atomic mass is 16.5. The third kappa shape index (κ3) is 4.13. The zero-order chi connectivity index (χ0) is 34.6. The lowest BCUT2D eigenvalue weighted by molar-refractivity contribution is 0.465. The summed E-state index contributed by atoms with van der Waals surface area (Å²) in [4.78, 5) is 2.26. The summed E-state index contributed by atoms with van der Waals surface area (Å²) in [7, 11) is 0. The Kier molecular flexibility index (Phi) is 5.83. The van der Waals surface area contributed by atoms with Crippen molar-refractivity contribution in [1.29, 1.82) is 0 Å². The van der Waals surface area contributed by atoms with Crippen LogP contribution in [0.4, 0.5) is 17.1 Å². The molecule has 0 bridgehead atoms. The van der Waals surface area contributed by atoms with Crippen molar-refractivity contribution < 1.29 is 13.9 Å². The molecule has 0 spiro atoms. The lowest BCUT2D eigenvalue weighted by atomic mass is 9.34. The number of nitrogens with zero attached hydrogens (tertiary/aromatic N) is 1. The van der Waals surface area contributed by atoms with Crippen molar-refractivity contribution >= 4 is 94.4 Å². The van der Waals surface area contributed by atoms with Crippen LogP contribution in [-0.4, -0.2) is 6.71 Å². The molecule has 10 aromatic rings. The first-order valence-corrected chi connectivity index (χ1v) is 18.0. The van der Waals surface area contributed by atoms with Crippen molar-refractivity contribution in [3.05, 3.63) is 170 Å². The second-order valence-corrected chi connectivity index (χ2v) is 14.0. The van der Waals surface area contributed by atoms with Gasteiger partial charge in [-0.3, -0.25) is 0 Å². The van der Waals surface area contributed by atoms with Gasteiger partial charge in [-0.05, 0) is 110 Å². The molecular formula is C48H28BNO3. The number of hydrogen-bond donors (Lipinski definition) is 0. The van der Waals surface area contributed by atoms with Gasteiger partial charge in [0.2, 0.25) is 0 Å². The average molecular weight is 678 g/mol. The zero-order valence-corrected chi connectivity index (χ0v) is 28.4. The molecule has 0 saturated carbocycles. The van der Waals surface area contributed by atoms with E-state index in [2.05, 4.69) is 157 Å². The van der Waals surface area contributed by atoms with Crippen molar-refractivity contribution in [2.24, 2.45) is 0 Å². The molecule has 12 rings (SSSR count). The SMILES string of the molecule is c1ccc(N(c2ccccc2)c2ccc3c(c2)oc2cc4c(cc23)Oc2cccc3c2B4c2cc4c5ccccc5c5ccccc5c4cc2O3)cc1.